The average Bonchev–Trinajstić information content (AvgIpc) is 2.94. The number of Topliss-reactive ketones (excluding diaryl/α,β-unsaturated/α-hetero) is 1. The maximum Gasteiger partial charge on any atom is 0.269 e. The van der Waals surface area contributed by atoms with Gasteiger partial charge in [0.15, 0.2) is 5.78 Å². The van der Waals surface area contributed by atoms with Gasteiger partial charge in [0.05, 0.1) is 17.6 Å². The highest BCUT2D eigenvalue weighted by Gasteiger charge is 2.34. The fraction of sp³-hybridized carbons (Fsp3) is 0.414. The largest absolute Gasteiger partial charge is 0.395 e. The van der Waals surface area contributed by atoms with E-state index in [2.05, 4.69) is 22.5 Å². The van der Waals surface area contributed by atoms with Gasteiger partial charge in [-0.1, -0.05) is 67.9 Å². The maximum atomic E-state index is 14.0. The Hall–Kier alpha value is -3.17. The summed E-state index contributed by atoms with van der Waals surface area (Å²) in [5.74, 6) is 0.157. The molecule has 1 aliphatic rings. The van der Waals surface area contributed by atoms with Gasteiger partial charge in [0.25, 0.3) is 5.69 Å². The summed E-state index contributed by atoms with van der Waals surface area (Å²) in [6, 6.07) is 20.1. The molecule has 8 heteroatoms. The minimum atomic E-state index is -0.412. The lowest BCUT2D eigenvalue weighted by Gasteiger charge is -2.42. The normalized spacial score (nSPS) is 17.9. The summed E-state index contributed by atoms with van der Waals surface area (Å²) >= 11 is 0. The number of ketones is 1. The molecule has 0 aromatic heterocycles. The molecular formula is C29H36N4O4. The van der Waals surface area contributed by atoms with Crippen LogP contribution in [0.25, 0.3) is 10.8 Å². The van der Waals surface area contributed by atoms with Crippen LogP contribution >= 0.6 is 0 Å². The molecule has 3 aromatic carbocycles. The Bertz CT molecular complexity index is 1190. The molecule has 1 heterocycles. The second-order valence-electron chi connectivity index (χ2n) is 9.71. The predicted molar refractivity (Wildman–Crippen MR) is 146 cm³/mol. The summed E-state index contributed by atoms with van der Waals surface area (Å²) in [5.41, 5.74) is 1.74. The number of rotatable bonds is 12. The van der Waals surface area contributed by atoms with Gasteiger partial charge in [-0.2, -0.15) is 0 Å². The number of piperazine rings is 1. The Morgan fingerprint density at radius 1 is 1.16 bits per heavy atom. The van der Waals surface area contributed by atoms with E-state index in [1.54, 1.807) is 12.1 Å². The number of hydrogen-bond donors (Lipinski definition) is 3. The third-order valence-electron chi connectivity index (χ3n) is 7.23. The zero-order valence-corrected chi connectivity index (χ0v) is 21.3. The number of aliphatic hydroxyl groups is 1. The van der Waals surface area contributed by atoms with Gasteiger partial charge in [-0.05, 0) is 29.2 Å². The van der Waals surface area contributed by atoms with E-state index in [4.69, 9.17) is 0 Å². The predicted octanol–water partition coefficient (Wildman–Crippen LogP) is 3.91. The van der Waals surface area contributed by atoms with Gasteiger partial charge in [0.1, 0.15) is 0 Å². The number of nitrogens with zero attached hydrogens (tertiary/aromatic N) is 2. The lowest BCUT2D eigenvalue weighted by atomic mass is 9.92. The number of nitro groups is 1. The number of hydrogen-bond acceptors (Lipinski definition) is 7. The summed E-state index contributed by atoms with van der Waals surface area (Å²) in [4.78, 5) is 26.8. The second-order valence-corrected chi connectivity index (χ2v) is 9.71. The number of benzene rings is 3. The first-order valence-electron chi connectivity index (χ1n) is 13.1. The average molecular weight is 505 g/mol. The van der Waals surface area contributed by atoms with Crippen molar-refractivity contribution in [1.29, 1.82) is 0 Å². The zero-order valence-electron chi connectivity index (χ0n) is 21.3. The van der Waals surface area contributed by atoms with Gasteiger partial charge >= 0.3 is 0 Å². The first kappa shape index (κ1) is 26.9. The van der Waals surface area contributed by atoms with E-state index in [-0.39, 0.29) is 36.2 Å². The van der Waals surface area contributed by atoms with E-state index in [9.17, 15) is 20.0 Å². The van der Waals surface area contributed by atoms with Crippen molar-refractivity contribution in [2.75, 3.05) is 26.2 Å². The molecule has 3 aromatic rings. The van der Waals surface area contributed by atoms with Gasteiger partial charge in [-0.25, -0.2) is 0 Å². The molecule has 1 saturated heterocycles. The zero-order chi connectivity index (χ0) is 26.2. The molecular weight excluding hydrogens is 468 g/mol. The molecule has 1 unspecified atom stereocenters. The number of nitrogens with one attached hydrogen (secondary N) is 2. The molecule has 1 fully saturated rings. The molecule has 0 amide bonds. The third kappa shape index (κ3) is 6.59. The summed E-state index contributed by atoms with van der Waals surface area (Å²) < 4.78 is 0. The number of nitro benzene ring substituents is 1. The van der Waals surface area contributed by atoms with E-state index in [0.717, 1.165) is 54.4 Å². The first-order chi connectivity index (χ1) is 18.0. The summed E-state index contributed by atoms with van der Waals surface area (Å²) in [7, 11) is 0. The van der Waals surface area contributed by atoms with Crippen molar-refractivity contribution in [1.82, 2.24) is 15.5 Å². The number of carbonyl (C=O) groups is 1. The number of carbonyl (C=O) groups excluding carboxylic acids is 1. The van der Waals surface area contributed by atoms with Gasteiger partial charge in [-0.3, -0.25) is 19.8 Å². The molecule has 37 heavy (non-hydrogen) atoms. The summed E-state index contributed by atoms with van der Waals surface area (Å²) in [6.07, 6.45) is 2.36. The van der Waals surface area contributed by atoms with Crippen LogP contribution in [0.5, 0.6) is 0 Å². The minimum absolute atomic E-state index is 0.0347. The van der Waals surface area contributed by atoms with Crippen LogP contribution in [-0.4, -0.2) is 65.1 Å². The lowest BCUT2D eigenvalue weighted by Crippen LogP contribution is -2.59. The number of fused-ring (bicyclic) bond motifs is 1. The molecule has 0 aliphatic carbocycles. The SMILES string of the molecule is CCCC(C(=O)c1cccc2ccccc12)N1CCNC[C@@H]1C[C@H](CO)NCc1ccc([N+](=O)[O-])cc1. The fourth-order valence-electron chi connectivity index (χ4n) is 5.29. The van der Waals surface area contributed by atoms with Crippen molar-refractivity contribution < 1.29 is 14.8 Å². The summed E-state index contributed by atoms with van der Waals surface area (Å²) in [6.45, 7) is 4.91. The quantitative estimate of drug-likeness (QED) is 0.195. The van der Waals surface area contributed by atoms with E-state index in [0.29, 0.717) is 13.0 Å². The van der Waals surface area contributed by atoms with Crippen LogP contribution in [-0.2, 0) is 6.54 Å². The molecule has 0 spiro atoms. The van der Waals surface area contributed by atoms with Crippen LogP contribution in [0, 0.1) is 10.1 Å². The molecule has 1 aliphatic heterocycles. The molecule has 3 N–H and O–H groups in total. The Morgan fingerprint density at radius 2 is 1.92 bits per heavy atom. The highest BCUT2D eigenvalue weighted by atomic mass is 16.6. The first-order valence-corrected chi connectivity index (χ1v) is 13.1. The van der Waals surface area contributed by atoms with Crippen LogP contribution in [0.15, 0.2) is 66.7 Å². The summed E-state index contributed by atoms with van der Waals surface area (Å²) in [5, 5.41) is 29.9. The molecule has 3 atom stereocenters. The minimum Gasteiger partial charge on any atom is -0.395 e. The van der Waals surface area contributed by atoms with E-state index < -0.39 is 4.92 Å². The van der Waals surface area contributed by atoms with Crippen molar-refractivity contribution >= 4 is 22.2 Å². The molecule has 0 bridgehead atoms. The van der Waals surface area contributed by atoms with Crippen molar-refractivity contribution in [3.05, 3.63) is 88.0 Å². The smallest absolute Gasteiger partial charge is 0.269 e. The van der Waals surface area contributed by atoms with E-state index >= 15 is 0 Å². The Labute approximate surface area is 217 Å². The molecule has 4 rings (SSSR count). The highest BCUT2D eigenvalue weighted by molar-refractivity contribution is 6.10. The second kappa shape index (κ2) is 12.9. The maximum absolute atomic E-state index is 14.0. The Balaban J connectivity index is 1.49. The topological polar surface area (TPSA) is 108 Å². The van der Waals surface area contributed by atoms with Crippen LogP contribution in [0.2, 0.25) is 0 Å². The Morgan fingerprint density at radius 3 is 2.65 bits per heavy atom. The molecule has 196 valence electrons. The van der Waals surface area contributed by atoms with Gasteiger partial charge < -0.3 is 15.7 Å². The van der Waals surface area contributed by atoms with Gasteiger partial charge in [0.2, 0.25) is 0 Å². The Kier molecular flexibility index (Phi) is 9.35. The van der Waals surface area contributed by atoms with Gasteiger partial charge in [0, 0.05) is 56.0 Å². The van der Waals surface area contributed by atoms with Crippen LogP contribution in [0.1, 0.15) is 42.1 Å². The fourth-order valence-corrected chi connectivity index (χ4v) is 5.29. The number of aliphatic hydroxyl groups excluding tert-OH is 1. The van der Waals surface area contributed by atoms with Gasteiger partial charge in [-0.15, -0.1) is 0 Å². The third-order valence-corrected chi connectivity index (χ3v) is 7.23. The van der Waals surface area contributed by atoms with Crippen LogP contribution < -0.4 is 10.6 Å². The van der Waals surface area contributed by atoms with E-state index in [1.807, 2.05) is 42.5 Å². The standard InChI is InChI=1S/C29H36N4O4/c1-2-6-28(29(35)27-10-5-8-22-7-3-4-9-26(22)27)32-16-15-30-19-25(32)17-23(20-34)31-18-21-11-13-24(14-12-21)33(36)37/h3-5,7-14,23,25,28,30-31,34H,2,6,15-20H2,1H3/t23-,25+,28?/m1/s1. The van der Waals surface area contributed by atoms with Crippen molar-refractivity contribution in [3.8, 4) is 0 Å². The molecule has 8 nitrogen and oxygen atoms in total. The van der Waals surface area contributed by atoms with Crippen LogP contribution in [0.3, 0.4) is 0 Å². The monoisotopic (exact) mass is 504 g/mol. The van der Waals surface area contributed by atoms with Crippen molar-refractivity contribution in [2.45, 2.75) is 50.9 Å². The lowest BCUT2D eigenvalue weighted by molar-refractivity contribution is -0.384. The van der Waals surface area contributed by atoms with E-state index in [1.165, 1.54) is 12.1 Å². The molecule has 0 radical (unpaired) electrons. The molecule has 0 saturated carbocycles. The van der Waals surface area contributed by atoms with Crippen molar-refractivity contribution in [3.63, 3.8) is 0 Å². The van der Waals surface area contributed by atoms with Crippen LogP contribution in [0.4, 0.5) is 5.69 Å². The van der Waals surface area contributed by atoms with Crippen molar-refractivity contribution in [2.24, 2.45) is 0 Å². The highest BCUT2D eigenvalue weighted by Crippen LogP contribution is 2.25. The number of non-ortho nitro benzene ring substituents is 1.